The fraction of sp³-hybridized carbons (Fsp3) is 0.211. The number of para-hydroxylation sites is 1. The Hall–Kier alpha value is -2.57. The van der Waals surface area contributed by atoms with Crippen molar-refractivity contribution in [3.63, 3.8) is 0 Å². The maximum absolute atomic E-state index is 12.1. The second-order valence-electron chi connectivity index (χ2n) is 5.76. The Morgan fingerprint density at radius 3 is 2.26 bits per heavy atom. The summed E-state index contributed by atoms with van der Waals surface area (Å²) >= 11 is 11.9. The molecular weight excluding hydrogens is 389 g/mol. The maximum Gasteiger partial charge on any atom is 0.252 e. The first kappa shape index (κ1) is 20.7. The van der Waals surface area contributed by atoms with Gasteiger partial charge < -0.3 is 15.5 Å². The highest BCUT2D eigenvalue weighted by Gasteiger charge is 2.15. The van der Waals surface area contributed by atoms with Crippen LogP contribution in [-0.2, 0) is 9.59 Å². The van der Waals surface area contributed by atoms with Crippen LogP contribution in [0.25, 0.3) is 0 Å². The molecule has 2 aromatic rings. The number of carbonyl (C=O) groups is 3. The lowest BCUT2D eigenvalue weighted by molar-refractivity contribution is -0.133. The van der Waals surface area contributed by atoms with Crippen molar-refractivity contribution < 1.29 is 14.4 Å². The van der Waals surface area contributed by atoms with E-state index in [2.05, 4.69) is 10.6 Å². The average molecular weight is 408 g/mol. The van der Waals surface area contributed by atoms with E-state index in [4.69, 9.17) is 23.2 Å². The number of likely N-dealkylation sites (N-methyl/N-ethyl adjacent to an activating group) is 1. The normalized spacial score (nSPS) is 10.2. The molecule has 6 nitrogen and oxygen atoms in total. The summed E-state index contributed by atoms with van der Waals surface area (Å²) in [5.41, 5.74) is 0.830. The number of anilines is 1. The molecule has 0 fully saturated rings. The Bertz CT molecular complexity index is 842. The second-order valence-corrected chi connectivity index (χ2v) is 6.58. The number of rotatable bonds is 7. The quantitative estimate of drug-likeness (QED) is 0.739. The lowest BCUT2D eigenvalue weighted by Crippen LogP contribution is -2.37. The topological polar surface area (TPSA) is 78.5 Å². The van der Waals surface area contributed by atoms with Crippen LogP contribution in [0, 0.1) is 0 Å². The molecule has 0 radical (unpaired) electrons. The third-order valence-corrected chi connectivity index (χ3v) is 4.36. The number of hydrogen-bond donors (Lipinski definition) is 2. The largest absolute Gasteiger partial charge is 0.351 e. The van der Waals surface area contributed by atoms with Gasteiger partial charge in [0.2, 0.25) is 11.8 Å². The Kier molecular flexibility index (Phi) is 7.64. The summed E-state index contributed by atoms with van der Waals surface area (Å²) < 4.78 is 0. The van der Waals surface area contributed by atoms with Crippen molar-refractivity contribution in [1.29, 1.82) is 0 Å². The van der Waals surface area contributed by atoms with Gasteiger partial charge in [-0.1, -0.05) is 47.5 Å². The van der Waals surface area contributed by atoms with E-state index in [0.29, 0.717) is 21.3 Å². The van der Waals surface area contributed by atoms with Gasteiger partial charge in [0.1, 0.15) is 0 Å². The Balaban J connectivity index is 1.77. The minimum Gasteiger partial charge on any atom is -0.351 e. The SMILES string of the molecule is CN(CC(=O)Nc1ccccc1Cl)C(=O)CCNC(=O)c1ccccc1Cl. The van der Waals surface area contributed by atoms with Gasteiger partial charge in [-0.25, -0.2) is 0 Å². The van der Waals surface area contributed by atoms with Crippen LogP contribution in [0.1, 0.15) is 16.8 Å². The highest BCUT2D eigenvalue weighted by atomic mass is 35.5. The van der Waals surface area contributed by atoms with Crippen molar-refractivity contribution in [3.8, 4) is 0 Å². The van der Waals surface area contributed by atoms with Gasteiger partial charge in [-0.05, 0) is 24.3 Å². The summed E-state index contributed by atoms with van der Waals surface area (Å²) in [6, 6.07) is 13.5. The third-order valence-electron chi connectivity index (χ3n) is 3.70. The molecule has 8 heteroatoms. The smallest absolute Gasteiger partial charge is 0.252 e. The van der Waals surface area contributed by atoms with E-state index in [-0.39, 0.29) is 37.2 Å². The van der Waals surface area contributed by atoms with Crippen LogP contribution in [-0.4, -0.2) is 42.8 Å². The number of nitrogens with zero attached hydrogens (tertiary/aromatic N) is 1. The molecule has 0 saturated carbocycles. The van der Waals surface area contributed by atoms with E-state index in [1.54, 1.807) is 48.5 Å². The zero-order valence-electron chi connectivity index (χ0n) is 14.7. The van der Waals surface area contributed by atoms with Crippen molar-refractivity contribution in [2.45, 2.75) is 6.42 Å². The number of nitrogens with one attached hydrogen (secondary N) is 2. The molecule has 0 bridgehead atoms. The lowest BCUT2D eigenvalue weighted by Gasteiger charge is -2.17. The van der Waals surface area contributed by atoms with Crippen LogP contribution in [0.4, 0.5) is 5.69 Å². The molecule has 0 spiro atoms. The minimum absolute atomic E-state index is 0.0616. The van der Waals surface area contributed by atoms with Crippen LogP contribution < -0.4 is 10.6 Å². The predicted molar refractivity (Wildman–Crippen MR) is 106 cm³/mol. The number of hydrogen-bond acceptors (Lipinski definition) is 3. The molecule has 0 unspecified atom stereocenters. The third kappa shape index (κ3) is 6.27. The summed E-state index contributed by atoms with van der Waals surface area (Å²) in [5, 5.41) is 6.05. The van der Waals surface area contributed by atoms with E-state index >= 15 is 0 Å². The summed E-state index contributed by atoms with van der Waals surface area (Å²) in [5.74, 6) is -0.990. The highest BCUT2D eigenvalue weighted by molar-refractivity contribution is 6.34. The van der Waals surface area contributed by atoms with E-state index in [9.17, 15) is 14.4 Å². The molecule has 3 amide bonds. The number of carbonyl (C=O) groups excluding carboxylic acids is 3. The summed E-state index contributed by atoms with van der Waals surface area (Å²) in [7, 11) is 1.52. The zero-order valence-corrected chi connectivity index (χ0v) is 16.2. The predicted octanol–water partition coefficient (Wildman–Crippen LogP) is 3.21. The van der Waals surface area contributed by atoms with Crippen molar-refractivity contribution >= 4 is 46.6 Å². The van der Waals surface area contributed by atoms with Gasteiger partial charge in [0.25, 0.3) is 5.91 Å². The van der Waals surface area contributed by atoms with E-state index in [1.165, 1.54) is 11.9 Å². The molecule has 0 saturated heterocycles. The maximum atomic E-state index is 12.1. The molecule has 0 aliphatic heterocycles. The zero-order chi connectivity index (χ0) is 19.8. The molecule has 2 rings (SSSR count). The minimum atomic E-state index is -0.362. The molecule has 27 heavy (non-hydrogen) atoms. The second kappa shape index (κ2) is 9.94. The van der Waals surface area contributed by atoms with Crippen LogP contribution in [0.5, 0.6) is 0 Å². The van der Waals surface area contributed by atoms with Crippen LogP contribution in [0.2, 0.25) is 10.0 Å². The number of halogens is 2. The van der Waals surface area contributed by atoms with Crippen molar-refractivity contribution in [1.82, 2.24) is 10.2 Å². The van der Waals surface area contributed by atoms with E-state index < -0.39 is 0 Å². The summed E-state index contributed by atoms with van der Waals surface area (Å²) in [4.78, 5) is 37.5. The Morgan fingerprint density at radius 1 is 0.963 bits per heavy atom. The molecule has 2 N–H and O–H groups in total. The van der Waals surface area contributed by atoms with Crippen LogP contribution in [0.3, 0.4) is 0 Å². The fourth-order valence-corrected chi connectivity index (χ4v) is 2.67. The van der Waals surface area contributed by atoms with Gasteiger partial charge >= 0.3 is 0 Å². The molecular formula is C19H19Cl2N3O3. The molecule has 142 valence electrons. The van der Waals surface area contributed by atoms with Crippen molar-refractivity contribution in [2.75, 3.05) is 25.5 Å². The van der Waals surface area contributed by atoms with Crippen LogP contribution >= 0.6 is 23.2 Å². The van der Waals surface area contributed by atoms with Gasteiger partial charge in [0.05, 0.1) is 27.8 Å². The molecule has 0 heterocycles. The number of amides is 3. The first-order valence-corrected chi connectivity index (χ1v) is 8.95. The fourth-order valence-electron chi connectivity index (χ4n) is 2.27. The average Bonchev–Trinajstić information content (AvgIpc) is 2.63. The molecule has 0 aliphatic carbocycles. The van der Waals surface area contributed by atoms with E-state index in [1.807, 2.05) is 0 Å². The van der Waals surface area contributed by atoms with Gasteiger partial charge in [-0.15, -0.1) is 0 Å². The molecule has 0 aromatic heterocycles. The molecule has 0 atom stereocenters. The van der Waals surface area contributed by atoms with Gasteiger partial charge in [0.15, 0.2) is 0 Å². The molecule has 0 aliphatic rings. The standard InChI is InChI=1S/C19H19Cl2N3O3/c1-24(12-17(25)23-16-9-5-4-8-15(16)21)18(26)10-11-22-19(27)13-6-2-3-7-14(13)20/h2-9H,10-12H2,1H3,(H,22,27)(H,23,25). The summed E-state index contributed by atoms with van der Waals surface area (Å²) in [6.45, 7) is 0.0158. The van der Waals surface area contributed by atoms with Crippen molar-refractivity contribution in [2.24, 2.45) is 0 Å². The number of benzene rings is 2. The van der Waals surface area contributed by atoms with Crippen molar-refractivity contribution in [3.05, 3.63) is 64.1 Å². The van der Waals surface area contributed by atoms with E-state index in [0.717, 1.165) is 0 Å². The molecule has 2 aromatic carbocycles. The highest BCUT2D eigenvalue weighted by Crippen LogP contribution is 2.20. The monoisotopic (exact) mass is 407 g/mol. The van der Waals surface area contributed by atoms with Crippen LogP contribution in [0.15, 0.2) is 48.5 Å². The Labute approximate surface area is 167 Å². The first-order chi connectivity index (χ1) is 12.9. The van der Waals surface area contributed by atoms with Gasteiger partial charge in [-0.3, -0.25) is 14.4 Å². The lowest BCUT2D eigenvalue weighted by atomic mass is 10.2. The first-order valence-electron chi connectivity index (χ1n) is 8.19. The Morgan fingerprint density at radius 2 is 1.59 bits per heavy atom. The van der Waals surface area contributed by atoms with Gasteiger partial charge in [-0.2, -0.15) is 0 Å². The summed E-state index contributed by atoms with van der Waals surface area (Å²) in [6.07, 6.45) is 0.0616. The van der Waals surface area contributed by atoms with Gasteiger partial charge in [0, 0.05) is 20.0 Å².